The lowest BCUT2D eigenvalue weighted by molar-refractivity contribution is -0.130. The zero-order chi connectivity index (χ0) is 31.9. The predicted molar refractivity (Wildman–Crippen MR) is 171 cm³/mol. The average molecular weight is 633 g/mol. The van der Waals surface area contributed by atoms with Crippen molar-refractivity contribution in [3.63, 3.8) is 0 Å². The van der Waals surface area contributed by atoms with Crippen LogP contribution in [0.1, 0.15) is 34.5 Å². The Morgan fingerprint density at radius 1 is 0.933 bits per heavy atom. The van der Waals surface area contributed by atoms with E-state index < -0.39 is 17.2 Å². The van der Waals surface area contributed by atoms with Crippen molar-refractivity contribution in [3.8, 4) is 0 Å². The predicted octanol–water partition coefficient (Wildman–Crippen LogP) is 4.78. The number of nitrogens with zero attached hydrogens (tertiary/aromatic N) is 3. The highest BCUT2D eigenvalue weighted by Gasteiger charge is 2.25. The Morgan fingerprint density at radius 2 is 1.67 bits per heavy atom. The lowest BCUT2D eigenvalue weighted by Gasteiger charge is -2.37. The van der Waals surface area contributed by atoms with Crippen molar-refractivity contribution in [1.82, 2.24) is 15.1 Å². The van der Waals surface area contributed by atoms with Crippen molar-refractivity contribution in [1.29, 1.82) is 0 Å². The number of carbonyl (C=O) groups excluding carboxylic acids is 3. The molecule has 11 heteroatoms. The van der Waals surface area contributed by atoms with Gasteiger partial charge in [0, 0.05) is 68.5 Å². The minimum atomic E-state index is -0.722. The molecule has 3 amide bonds. The first-order valence-corrected chi connectivity index (χ1v) is 15.2. The minimum absolute atomic E-state index is 0.0329. The van der Waals surface area contributed by atoms with Gasteiger partial charge < -0.3 is 24.4 Å². The van der Waals surface area contributed by atoms with Crippen molar-refractivity contribution in [3.05, 3.63) is 111 Å². The summed E-state index contributed by atoms with van der Waals surface area (Å²) in [6.07, 6.45) is 1.49. The molecule has 9 nitrogen and oxygen atoms in total. The summed E-state index contributed by atoms with van der Waals surface area (Å²) in [5, 5.41) is 3.46. The van der Waals surface area contributed by atoms with Crippen LogP contribution < -0.4 is 15.6 Å². The Bertz CT molecular complexity index is 1730. The molecule has 45 heavy (non-hydrogen) atoms. The molecule has 0 unspecified atom stereocenters. The smallest absolute Gasteiger partial charge is 0.287 e. The summed E-state index contributed by atoms with van der Waals surface area (Å²) in [5.41, 5.74) is 2.89. The summed E-state index contributed by atoms with van der Waals surface area (Å²) in [7, 11) is 0. The van der Waals surface area contributed by atoms with E-state index in [1.807, 2.05) is 60.4 Å². The van der Waals surface area contributed by atoms with Gasteiger partial charge in [0.05, 0.1) is 11.9 Å². The lowest BCUT2D eigenvalue weighted by Crippen LogP contribution is -2.51. The number of para-hydroxylation sites is 1. The maximum atomic E-state index is 13.5. The van der Waals surface area contributed by atoms with Gasteiger partial charge in [-0.1, -0.05) is 47.5 Å². The highest BCUT2D eigenvalue weighted by molar-refractivity contribution is 6.30. The van der Waals surface area contributed by atoms with Crippen LogP contribution in [0.15, 0.2) is 82.0 Å². The molecule has 0 saturated carbocycles. The van der Waals surface area contributed by atoms with Crippen molar-refractivity contribution < 1.29 is 23.2 Å². The number of likely N-dealkylation sites (tertiary alicyclic amines) is 1. The van der Waals surface area contributed by atoms with Gasteiger partial charge in [0.2, 0.25) is 11.8 Å². The summed E-state index contributed by atoms with van der Waals surface area (Å²) in [6.45, 7) is 5.35. The second-order valence-corrected chi connectivity index (χ2v) is 11.4. The number of hydrogen-bond donors (Lipinski definition) is 1. The second-order valence-electron chi connectivity index (χ2n) is 11.0. The molecule has 0 bridgehead atoms. The van der Waals surface area contributed by atoms with Crippen LogP contribution in [0.4, 0.5) is 10.1 Å². The number of amides is 3. The Morgan fingerprint density at radius 3 is 2.36 bits per heavy atom. The summed E-state index contributed by atoms with van der Waals surface area (Å²) in [5.74, 6) is -1.66. The molecule has 0 spiro atoms. The Hall–Kier alpha value is -4.70. The molecule has 4 aromatic rings. The molecule has 0 radical (unpaired) electrons. The molecule has 0 aliphatic carbocycles. The van der Waals surface area contributed by atoms with Crippen LogP contribution in [-0.2, 0) is 16.1 Å². The van der Waals surface area contributed by atoms with E-state index in [0.717, 1.165) is 47.4 Å². The summed E-state index contributed by atoms with van der Waals surface area (Å²) in [6, 6.07) is 20.3. The fourth-order valence-electron chi connectivity index (χ4n) is 5.36. The van der Waals surface area contributed by atoms with Gasteiger partial charge >= 0.3 is 0 Å². The molecule has 2 aliphatic rings. The summed E-state index contributed by atoms with van der Waals surface area (Å²) in [4.78, 5) is 55.3. The number of carbonyl (C=O) groups is 3. The van der Waals surface area contributed by atoms with E-state index in [4.69, 9.17) is 16.0 Å². The third-order valence-electron chi connectivity index (χ3n) is 7.82. The first kappa shape index (κ1) is 31.7. The van der Waals surface area contributed by atoms with Crippen LogP contribution in [-0.4, -0.2) is 66.8 Å². The van der Waals surface area contributed by atoms with Crippen LogP contribution >= 0.6 is 11.6 Å². The molecule has 1 N–H and O–H groups in total. The molecule has 6 rings (SSSR count). The first-order chi connectivity index (χ1) is 21.7. The Balaban J connectivity index is 0.000000436. The van der Waals surface area contributed by atoms with Crippen molar-refractivity contribution in [2.45, 2.75) is 26.3 Å². The van der Waals surface area contributed by atoms with Gasteiger partial charge in [0.1, 0.15) is 11.4 Å². The topological polar surface area (TPSA) is 103 Å². The number of hydrogen-bond acceptors (Lipinski definition) is 6. The van der Waals surface area contributed by atoms with Gasteiger partial charge in [-0.15, -0.1) is 0 Å². The normalized spacial score (nSPS) is 14.7. The van der Waals surface area contributed by atoms with Crippen LogP contribution in [0.3, 0.4) is 0 Å². The number of nitrogens with one attached hydrogen (secondary N) is 1. The van der Waals surface area contributed by atoms with Gasteiger partial charge in [-0.05, 0) is 49.2 Å². The second kappa shape index (κ2) is 14.4. The van der Waals surface area contributed by atoms with Gasteiger partial charge in [-0.25, -0.2) is 4.39 Å². The van der Waals surface area contributed by atoms with Crippen LogP contribution in [0.2, 0.25) is 5.02 Å². The zero-order valence-corrected chi connectivity index (χ0v) is 25.7. The van der Waals surface area contributed by atoms with E-state index in [9.17, 15) is 23.6 Å². The zero-order valence-electron chi connectivity index (χ0n) is 24.9. The molecule has 3 aromatic carbocycles. The van der Waals surface area contributed by atoms with Gasteiger partial charge in [0.25, 0.3) is 5.91 Å². The molecule has 2 aliphatic heterocycles. The Labute approximate surface area is 265 Å². The fourth-order valence-corrected chi connectivity index (χ4v) is 5.48. The average Bonchev–Trinajstić information content (AvgIpc) is 3.45. The SMILES string of the molecule is Cc1ccc(Cl)cc1.O=C(NCC(=O)N1CCN(c2ccccc2CN2CCCC2=O)CC1)c1cc(=O)c2ccc(F)cc2o1. The van der Waals surface area contributed by atoms with Gasteiger partial charge in [-0.3, -0.25) is 19.2 Å². The quantitative estimate of drug-likeness (QED) is 0.328. The third kappa shape index (κ3) is 8.07. The van der Waals surface area contributed by atoms with E-state index in [1.165, 1.54) is 11.6 Å². The van der Waals surface area contributed by atoms with E-state index >= 15 is 0 Å². The molecule has 1 aromatic heterocycles. The maximum absolute atomic E-state index is 13.5. The molecule has 3 heterocycles. The molecule has 2 fully saturated rings. The molecular formula is C34H34ClFN4O5. The van der Waals surface area contributed by atoms with E-state index in [-0.39, 0.29) is 35.1 Å². The summed E-state index contributed by atoms with van der Waals surface area (Å²) < 4.78 is 18.9. The number of fused-ring (bicyclic) bond motifs is 1. The number of halogens is 2. The van der Waals surface area contributed by atoms with Crippen LogP contribution in [0.5, 0.6) is 0 Å². The highest BCUT2D eigenvalue weighted by atomic mass is 35.5. The standard InChI is InChI=1S/C27H27FN4O5.C7H7Cl/c28-19-7-8-20-22(33)15-24(37-23(20)14-19)27(36)29-16-26(35)31-12-10-30(11-13-31)21-5-2-1-4-18(21)17-32-9-3-6-25(32)34;1-6-2-4-7(8)5-3-6/h1-2,4-5,7-8,14-15H,3,6,9-13,16-17H2,(H,29,36);2-5H,1H3. The molecule has 2 saturated heterocycles. The largest absolute Gasteiger partial charge is 0.451 e. The number of piperazine rings is 1. The van der Waals surface area contributed by atoms with Crippen molar-refractivity contribution >= 4 is 46.0 Å². The van der Waals surface area contributed by atoms with Crippen molar-refractivity contribution in [2.24, 2.45) is 0 Å². The Kier molecular flexibility index (Phi) is 10.1. The van der Waals surface area contributed by atoms with E-state index in [1.54, 1.807) is 4.90 Å². The summed E-state index contributed by atoms with van der Waals surface area (Å²) >= 11 is 5.61. The molecule has 0 atom stereocenters. The van der Waals surface area contributed by atoms with Gasteiger partial charge in [-0.2, -0.15) is 0 Å². The van der Waals surface area contributed by atoms with E-state index in [0.29, 0.717) is 39.1 Å². The number of benzene rings is 3. The number of anilines is 1. The first-order valence-electron chi connectivity index (χ1n) is 14.8. The number of rotatable bonds is 6. The van der Waals surface area contributed by atoms with Crippen LogP contribution in [0.25, 0.3) is 11.0 Å². The third-order valence-corrected chi connectivity index (χ3v) is 8.08. The van der Waals surface area contributed by atoms with Crippen molar-refractivity contribution in [2.75, 3.05) is 44.2 Å². The number of aryl methyl sites for hydroxylation is 1. The highest BCUT2D eigenvalue weighted by Crippen LogP contribution is 2.25. The lowest BCUT2D eigenvalue weighted by atomic mass is 10.1. The van der Waals surface area contributed by atoms with E-state index in [2.05, 4.69) is 10.2 Å². The fraction of sp³-hybridized carbons (Fsp3) is 0.294. The molecule has 234 valence electrons. The van der Waals surface area contributed by atoms with Crippen LogP contribution in [0, 0.1) is 12.7 Å². The monoisotopic (exact) mass is 632 g/mol. The van der Waals surface area contributed by atoms with Gasteiger partial charge in [0.15, 0.2) is 11.2 Å². The maximum Gasteiger partial charge on any atom is 0.287 e. The minimum Gasteiger partial charge on any atom is -0.451 e. The molecular weight excluding hydrogens is 599 g/mol.